The molecule has 0 aliphatic heterocycles. The van der Waals surface area contributed by atoms with Gasteiger partial charge in [0.2, 0.25) is 0 Å². The number of phenolic OH excluding ortho intramolecular Hbond substituents is 1. The first kappa shape index (κ1) is 21.0. The van der Waals surface area contributed by atoms with E-state index < -0.39 is 0 Å². The summed E-state index contributed by atoms with van der Waals surface area (Å²) < 4.78 is 0. The van der Waals surface area contributed by atoms with E-state index in [4.69, 9.17) is 0 Å². The molecule has 1 unspecified atom stereocenters. The van der Waals surface area contributed by atoms with Crippen LogP contribution in [0, 0.1) is 11.8 Å². The molecule has 0 amide bonds. The Hall–Kier alpha value is -1.76. The third-order valence-electron chi connectivity index (χ3n) is 6.95. The first-order chi connectivity index (χ1) is 13.7. The quantitative estimate of drug-likeness (QED) is 0.435. The molecule has 0 radical (unpaired) electrons. The van der Waals surface area contributed by atoms with Crippen molar-refractivity contribution in [2.45, 2.75) is 84.0 Å². The van der Waals surface area contributed by atoms with Gasteiger partial charge in [-0.15, -0.1) is 0 Å². The van der Waals surface area contributed by atoms with Crippen LogP contribution in [0.3, 0.4) is 0 Å². The molecule has 3 rings (SSSR count). The van der Waals surface area contributed by atoms with E-state index in [9.17, 15) is 5.11 Å². The second kappa shape index (κ2) is 10.7. The minimum atomic E-state index is 0.325. The lowest BCUT2D eigenvalue weighted by Gasteiger charge is -2.32. The first-order valence-electron chi connectivity index (χ1n) is 11.6. The van der Waals surface area contributed by atoms with Crippen molar-refractivity contribution in [2.24, 2.45) is 11.8 Å². The van der Waals surface area contributed by atoms with Crippen LogP contribution in [0.2, 0.25) is 0 Å². The van der Waals surface area contributed by atoms with Crippen LogP contribution < -0.4 is 0 Å². The van der Waals surface area contributed by atoms with Gasteiger partial charge in [-0.25, -0.2) is 0 Å². The molecule has 1 saturated carbocycles. The van der Waals surface area contributed by atoms with Crippen LogP contribution in [0.4, 0.5) is 0 Å². The summed E-state index contributed by atoms with van der Waals surface area (Å²) in [6, 6.07) is 16.6. The number of rotatable bonds is 9. The Morgan fingerprint density at radius 2 is 1.36 bits per heavy atom. The van der Waals surface area contributed by atoms with E-state index in [0.29, 0.717) is 11.7 Å². The highest BCUT2D eigenvalue weighted by Gasteiger charge is 2.25. The van der Waals surface area contributed by atoms with Gasteiger partial charge in [-0.1, -0.05) is 102 Å². The summed E-state index contributed by atoms with van der Waals surface area (Å²) in [5.74, 6) is 2.81. The zero-order valence-electron chi connectivity index (χ0n) is 17.9. The molecule has 1 aliphatic rings. The normalized spacial score (nSPS) is 20.8. The molecule has 0 aromatic heterocycles. The van der Waals surface area contributed by atoms with E-state index in [-0.39, 0.29) is 0 Å². The molecule has 0 saturated heterocycles. The third-order valence-corrected chi connectivity index (χ3v) is 6.95. The summed E-state index contributed by atoms with van der Waals surface area (Å²) in [5, 5.41) is 9.47. The molecule has 0 heterocycles. The zero-order valence-corrected chi connectivity index (χ0v) is 17.9. The Bertz CT molecular complexity index is 677. The molecule has 1 nitrogen and oxygen atoms in total. The second-order valence-electron chi connectivity index (χ2n) is 8.94. The minimum Gasteiger partial charge on any atom is -0.508 e. The molecular formula is C27H38O. The SMILES string of the molecule is CCCCCCC[C@H]1CC[C@H](C(C)c2ccc(-c3ccc(O)cc3)cc2)CC1. The van der Waals surface area contributed by atoms with Crippen LogP contribution >= 0.6 is 0 Å². The topological polar surface area (TPSA) is 20.2 Å². The Labute approximate surface area is 172 Å². The molecular weight excluding hydrogens is 340 g/mol. The van der Waals surface area contributed by atoms with Crippen LogP contribution in [0.5, 0.6) is 5.75 Å². The molecule has 0 spiro atoms. The number of aromatic hydroxyl groups is 1. The maximum absolute atomic E-state index is 9.47. The fourth-order valence-corrected chi connectivity index (χ4v) is 4.92. The fraction of sp³-hybridized carbons (Fsp3) is 0.556. The van der Waals surface area contributed by atoms with Gasteiger partial charge in [-0.3, -0.25) is 0 Å². The molecule has 28 heavy (non-hydrogen) atoms. The van der Waals surface area contributed by atoms with Gasteiger partial charge in [-0.05, 0) is 59.4 Å². The summed E-state index contributed by atoms with van der Waals surface area (Å²) in [4.78, 5) is 0. The third kappa shape index (κ3) is 5.87. The molecule has 2 aromatic rings. The lowest BCUT2D eigenvalue weighted by Crippen LogP contribution is -2.19. The lowest BCUT2D eigenvalue weighted by atomic mass is 9.73. The maximum atomic E-state index is 9.47. The number of benzene rings is 2. The standard InChI is InChI=1S/C27H38O/c1-3-4-5-6-7-8-22-9-11-23(12-10-22)21(2)24-13-15-25(16-14-24)26-17-19-27(28)20-18-26/h13-23,28H,3-12H2,1-2H3/t21?,22-,23-. The van der Waals surface area contributed by atoms with Gasteiger partial charge in [0.25, 0.3) is 0 Å². The molecule has 1 aliphatic carbocycles. The number of hydrogen-bond acceptors (Lipinski definition) is 1. The van der Waals surface area contributed by atoms with Crippen LogP contribution in [0.25, 0.3) is 11.1 Å². The van der Waals surface area contributed by atoms with E-state index in [1.807, 2.05) is 12.1 Å². The number of phenols is 1. The predicted molar refractivity (Wildman–Crippen MR) is 121 cm³/mol. The second-order valence-corrected chi connectivity index (χ2v) is 8.94. The smallest absolute Gasteiger partial charge is 0.115 e. The van der Waals surface area contributed by atoms with Crippen molar-refractivity contribution in [3.8, 4) is 16.9 Å². The predicted octanol–water partition coefficient (Wildman–Crippen LogP) is 8.33. The highest BCUT2D eigenvalue weighted by molar-refractivity contribution is 5.64. The van der Waals surface area contributed by atoms with Gasteiger partial charge < -0.3 is 5.11 Å². The van der Waals surface area contributed by atoms with Crippen molar-refractivity contribution >= 4 is 0 Å². The molecule has 0 bridgehead atoms. The average Bonchev–Trinajstić information content (AvgIpc) is 2.74. The van der Waals surface area contributed by atoms with Gasteiger partial charge in [0.1, 0.15) is 5.75 Å². The van der Waals surface area contributed by atoms with Crippen LogP contribution in [-0.2, 0) is 0 Å². The summed E-state index contributed by atoms with van der Waals surface area (Å²) >= 11 is 0. The fourth-order valence-electron chi connectivity index (χ4n) is 4.92. The monoisotopic (exact) mass is 378 g/mol. The number of hydrogen-bond donors (Lipinski definition) is 1. The Morgan fingerprint density at radius 1 is 0.786 bits per heavy atom. The first-order valence-corrected chi connectivity index (χ1v) is 11.6. The van der Waals surface area contributed by atoms with Crippen molar-refractivity contribution in [2.75, 3.05) is 0 Å². The van der Waals surface area contributed by atoms with Gasteiger partial charge in [-0.2, -0.15) is 0 Å². The van der Waals surface area contributed by atoms with Gasteiger partial charge in [0.15, 0.2) is 0 Å². The summed E-state index contributed by atoms with van der Waals surface area (Å²) in [7, 11) is 0. The summed E-state index contributed by atoms with van der Waals surface area (Å²) in [6.45, 7) is 4.72. The zero-order chi connectivity index (χ0) is 19.8. The molecule has 1 fully saturated rings. The van der Waals surface area contributed by atoms with Crippen LogP contribution in [0.15, 0.2) is 48.5 Å². The van der Waals surface area contributed by atoms with Crippen molar-refractivity contribution < 1.29 is 5.11 Å². The Balaban J connectivity index is 1.47. The number of unbranched alkanes of at least 4 members (excludes halogenated alkanes) is 4. The maximum Gasteiger partial charge on any atom is 0.115 e. The van der Waals surface area contributed by atoms with Gasteiger partial charge in [0.05, 0.1) is 0 Å². The van der Waals surface area contributed by atoms with Gasteiger partial charge >= 0.3 is 0 Å². The summed E-state index contributed by atoms with van der Waals surface area (Å²) in [6.07, 6.45) is 14.2. The largest absolute Gasteiger partial charge is 0.508 e. The lowest BCUT2D eigenvalue weighted by molar-refractivity contribution is 0.236. The molecule has 2 aromatic carbocycles. The average molecular weight is 379 g/mol. The van der Waals surface area contributed by atoms with Crippen molar-refractivity contribution in [1.29, 1.82) is 0 Å². The molecule has 1 atom stereocenters. The Kier molecular flexibility index (Phi) is 8.01. The van der Waals surface area contributed by atoms with E-state index in [1.54, 1.807) is 12.1 Å². The van der Waals surface area contributed by atoms with E-state index >= 15 is 0 Å². The Morgan fingerprint density at radius 3 is 1.96 bits per heavy atom. The van der Waals surface area contributed by atoms with Crippen molar-refractivity contribution in [3.05, 3.63) is 54.1 Å². The highest BCUT2D eigenvalue weighted by atomic mass is 16.3. The molecule has 152 valence electrons. The molecule has 1 N–H and O–H groups in total. The molecule has 1 heteroatoms. The highest BCUT2D eigenvalue weighted by Crippen LogP contribution is 2.40. The van der Waals surface area contributed by atoms with Crippen molar-refractivity contribution in [3.63, 3.8) is 0 Å². The van der Waals surface area contributed by atoms with Gasteiger partial charge in [0, 0.05) is 0 Å². The van der Waals surface area contributed by atoms with E-state index in [1.165, 1.54) is 75.3 Å². The minimum absolute atomic E-state index is 0.325. The summed E-state index contributed by atoms with van der Waals surface area (Å²) in [5.41, 5.74) is 3.87. The van der Waals surface area contributed by atoms with E-state index in [0.717, 1.165) is 17.4 Å². The van der Waals surface area contributed by atoms with Crippen LogP contribution in [0.1, 0.15) is 89.5 Å². The van der Waals surface area contributed by atoms with Crippen LogP contribution in [-0.4, -0.2) is 5.11 Å². The van der Waals surface area contributed by atoms with Crippen molar-refractivity contribution in [1.82, 2.24) is 0 Å². The van der Waals surface area contributed by atoms with E-state index in [2.05, 4.69) is 38.1 Å².